The van der Waals surface area contributed by atoms with Gasteiger partial charge < -0.3 is 5.32 Å². The summed E-state index contributed by atoms with van der Waals surface area (Å²) >= 11 is 7.07. The molecule has 1 saturated heterocycles. The van der Waals surface area contributed by atoms with Crippen molar-refractivity contribution in [3.05, 3.63) is 29.8 Å². The van der Waals surface area contributed by atoms with E-state index >= 15 is 0 Å². The van der Waals surface area contributed by atoms with Gasteiger partial charge in [-0.2, -0.15) is 0 Å². The molecule has 0 unspecified atom stereocenters. The molecule has 1 aliphatic heterocycles. The van der Waals surface area contributed by atoms with Crippen LogP contribution in [0, 0.1) is 11.8 Å². The van der Waals surface area contributed by atoms with Crippen molar-refractivity contribution in [1.29, 1.82) is 0 Å². The van der Waals surface area contributed by atoms with Gasteiger partial charge in [-0.15, -0.1) is 0 Å². The predicted octanol–water partition coefficient (Wildman–Crippen LogP) is 2.75. The first-order valence-electron chi connectivity index (χ1n) is 8.32. The van der Waals surface area contributed by atoms with Gasteiger partial charge in [0.2, 0.25) is 17.7 Å². The van der Waals surface area contributed by atoms with Crippen molar-refractivity contribution >= 4 is 61.1 Å². The zero-order chi connectivity index (χ0) is 19.0. The molecule has 1 aliphatic carbocycles. The number of anilines is 1. The minimum atomic E-state index is -0.438. The Morgan fingerprint density at radius 3 is 2.00 bits per heavy atom. The van der Waals surface area contributed by atoms with Gasteiger partial charge in [-0.05, 0) is 44.0 Å². The Bertz CT molecular complexity index is 737. The molecule has 3 rings (SSSR count). The standard InChI is InChI=1S/C18H18Br2N2O4/c1-9(23)10-2-4-11(5-3-10)21-16(24)8-22-17(25)12-6-14(19)15(20)7-13(12)18(22)26/h2-5,12-15H,6-8H2,1H3,(H,21,24)/t12-,13-,14+,15+/m1/s1. The molecule has 1 N–H and O–H groups in total. The molecule has 1 aromatic rings. The van der Waals surface area contributed by atoms with E-state index in [0.717, 1.165) is 4.90 Å². The molecule has 3 amide bonds. The molecule has 2 fully saturated rings. The highest BCUT2D eigenvalue weighted by Gasteiger charge is 2.52. The van der Waals surface area contributed by atoms with Crippen molar-refractivity contribution < 1.29 is 19.2 Å². The topological polar surface area (TPSA) is 83.6 Å². The number of benzene rings is 1. The van der Waals surface area contributed by atoms with Gasteiger partial charge in [0, 0.05) is 20.9 Å². The Hall–Kier alpha value is -1.54. The molecule has 0 aromatic heterocycles. The Kier molecular flexibility index (Phi) is 5.62. The van der Waals surface area contributed by atoms with Crippen LogP contribution in [0.4, 0.5) is 5.69 Å². The van der Waals surface area contributed by atoms with Crippen molar-refractivity contribution in [3.63, 3.8) is 0 Å². The SMILES string of the molecule is CC(=O)c1ccc(NC(=O)CN2C(=O)[C@@H]3C[C@H](Br)[C@@H](Br)C[C@H]3C2=O)cc1. The highest BCUT2D eigenvalue weighted by molar-refractivity contribution is 9.12. The Morgan fingerprint density at radius 1 is 1.04 bits per heavy atom. The fourth-order valence-corrected chi connectivity index (χ4v) is 4.69. The van der Waals surface area contributed by atoms with E-state index in [1.165, 1.54) is 6.92 Å². The van der Waals surface area contributed by atoms with Crippen LogP contribution in [0.3, 0.4) is 0 Å². The summed E-state index contributed by atoms with van der Waals surface area (Å²) in [7, 11) is 0. The zero-order valence-electron chi connectivity index (χ0n) is 14.1. The lowest BCUT2D eigenvalue weighted by atomic mass is 9.81. The van der Waals surface area contributed by atoms with E-state index in [-0.39, 0.29) is 45.6 Å². The largest absolute Gasteiger partial charge is 0.325 e. The molecule has 1 saturated carbocycles. The summed E-state index contributed by atoms with van der Waals surface area (Å²) in [6.07, 6.45) is 1.16. The van der Waals surface area contributed by atoms with Gasteiger partial charge in [0.15, 0.2) is 5.78 Å². The second-order valence-corrected chi connectivity index (χ2v) is 9.01. The van der Waals surface area contributed by atoms with Gasteiger partial charge in [0.05, 0.1) is 11.8 Å². The maximum absolute atomic E-state index is 12.6. The first-order valence-corrected chi connectivity index (χ1v) is 10.1. The summed E-state index contributed by atoms with van der Waals surface area (Å²) in [5, 5.41) is 2.66. The van der Waals surface area contributed by atoms with Crippen LogP contribution in [-0.2, 0) is 14.4 Å². The van der Waals surface area contributed by atoms with E-state index < -0.39 is 5.91 Å². The van der Waals surface area contributed by atoms with Gasteiger partial charge in [-0.1, -0.05) is 31.9 Å². The fourth-order valence-electron chi connectivity index (χ4n) is 3.45. The molecule has 0 spiro atoms. The summed E-state index contributed by atoms with van der Waals surface area (Å²) in [5.41, 5.74) is 1.06. The summed E-state index contributed by atoms with van der Waals surface area (Å²) in [6.45, 7) is 1.17. The van der Waals surface area contributed by atoms with E-state index in [9.17, 15) is 19.2 Å². The van der Waals surface area contributed by atoms with Gasteiger partial charge in [-0.3, -0.25) is 24.1 Å². The minimum absolute atomic E-state index is 0.0612. The van der Waals surface area contributed by atoms with E-state index in [1.54, 1.807) is 24.3 Å². The molecule has 6 nitrogen and oxygen atoms in total. The molecule has 138 valence electrons. The van der Waals surface area contributed by atoms with Gasteiger partial charge >= 0.3 is 0 Å². The number of halogens is 2. The fraction of sp³-hybridized carbons (Fsp3) is 0.444. The molecule has 2 aliphatic rings. The van der Waals surface area contributed by atoms with E-state index in [4.69, 9.17) is 0 Å². The number of rotatable bonds is 4. The molecular weight excluding hydrogens is 468 g/mol. The first-order chi connectivity index (χ1) is 12.3. The number of likely N-dealkylation sites (tertiary alicyclic amines) is 1. The smallest absolute Gasteiger partial charge is 0.244 e. The second kappa shape index (κ2) is 7.60. The van der Waals surface area contributed by atoms with Gasteiger partial charge in [0.25, 0.3) is 0 Å². The van der Waals surface area contributed by atoms with Crippen LogP contribution >= 0.6 is 31.9 Å². The van der Waals surface area contributed by atoms with Gasteiger partial charge in [-0.25, -0.2) is 0 Å². The summed E-state index contributed by atoms with van der Waals surface area (Å²) in [6, 6.07) is 6.47. The number of Topliss-reactive ketones (excluding diaryl/α,β-unsaturated/α-hetero) is 1. The van der Waals surface area contributed by atoms with Crippen LogP contribution < -0.4 is 5.32 Å². The van der Waals surface area contributed by atoms with Crippen LogP contribution in [0.15, 0.2) is 24.3 Å². The number of nitrogens with one attached hydrogen (secondary N) is 1. The van der Waals surface area contributed by atoms with Gasteiger partial charge in [0.1, 0.15) is 6.54 Å². The number of hydrogen-bond donors (Lipinski definition) is 1. The lowest BCUT2D eigenvalue weighted by molar-refractivity contribution is -0.142. The second-order valence-electron chi connectivity index (χ2n) is 6.66. The van der Waals surface area contributed by atoms with Crippen LogP contribution in [0.2, 0.25) is 0 Å². The number of carbonyl (C=O) groups is 4. The summed E-state index contributed by atoms with van der Waals surface area (Å²) in [4.78, 5) is 50.0. The third-order valence-corrected chi connectivity index (χ3v) is 7.61. The number of alkyl halides is 2. The number of carbonyl (C=O) groups excluding carboxylic acids is 4. The summed E-state index contributed by atoms with van der Waals surface area (Å²) in [5.74, 6) is -1.76. The van der Waals surface area contributed by atoms with Crippen LogP contribution in [0.25, 0.3) is 0 Å². The molecule has 26 heavy (non-hydrogen) atoms. The number of nitrogens with zero attached hydrogens (tertiary/aromatic N) is 1. The monoisotopic (exact) mass is 484 g/mol. The number of ketones is 1. The lowest BCUT2D eigenvalue weighted by Gasteiger charge is -2.29. The number of amides is 3. The molecule has 0 radical (unpaired) electrons. The van der Waals surface area contributed by atoms with Crippen LogP contribution in [0.5, 0.6) is 0 Å². The molecule has 1 aromatic carbocycles. The minimum Gasteiger partial charge on any atom is -0.325 e. The Labute approximate surface area is 167 Å². The Morgan fingerprint density at radius 2 is 1.54 bits per heavy atom. The molecule has 0 bridgehead atoms. The highest BCUT2D eigenvalue weighted by atomic mass is 79.9. The maximum atomic E-state index is 12.6. The zero-order valence-corrected chi connectivity index (χ0v) is 17.2. The molecule has 4 atom stereocenters. The number of imide groups is 1. The average molecular weight is 486 g/mol. The highest BCUT2D eigenvalue weighted by Crippen LogP contribution is 2.43. The maximum Gasteiger partial charge on any atom is 0.244 e. The Balaban J connectivity index is 1.65. The third-order valence-electron chi connectivity index (χ3n) is 4.88. The lowest BCUT2D eigenvalue weighted by Crippen LogP contribution is -2.38. The third kappa shape index (κ3) is 3.76. The van der Waals surface area contributed by atoms with Crippen LogP contribution in [0.1, 0.15) is 30.1 Å². The van der Waals surface area contributed by atoms with E-state index in [2.05, 4.69) is 37.2 Å². The van der Waals surface area contributed by atoms with Crippen molar-refractivity contribution in [2.45, 2.75) is 29.4 Å². The van der Waals surface area contributed by atoms with Crippen LogP contribution in [-0.4, -0.2) is 44.6 Å². The van der Waals surface area contributed by atoms with Crippen molar-refractivity contribution in [2.75, 3.05) is 11.9 Å². The number of hydrogen-bond acceptors (Lipinski definition) is 4. The van der Waals surface area contributed by atoms with E-state index in [1.807, 2.05) is 0 Å². The molecule has 1 heterocycles. The molecular formula is C18H18Br2N2O4. The normalized spacial score (nSPS) is 28.0. The predicted molar refractivity (Wildman–Crippen MR) is 103 cm³/mol. The van der Waals surface area contributed by atoms with E-state index in [0.29, 0.717) is 24.1 Å². The summed E-state index contributed by atoms with van der Waals surface area (Å²) < 4.78 is 0. The van der Waals surface area contributed by atoms with Crippen molar-refractivity contribution in [1.82, 2.24) is 4.90 Å². The molecule has 8 heteroatoms. The quantitative estimate of drug-likeness (QED) is 0.403. The number of fused-ring (bicyclic) bond motifs is 1. The first kappa shape index (κ1) is 19.2. The van der Waals surface area contributed by atoms with Crippen molar-refractivity contribution in [3.8, 4) is 0 Å². The van der Waals surface area contributed by atoms with Crippen molar-refractivity contribution in [2.24, 2.45) is 11.8 Å². The average Bonchev–Trinajstić information content (AvgIpc) is 2.80.